The van der Waals surface area contributed by atoms with Gasteiger partial charge >= 0.3 is 6.03 Å². The normalized spacial score (nSPS) is 16.2. The third kappa shape index (κ3) is 4.61. The number of thioether (sulfide) groups is 1. The molecule has 2 N–H and O–H groups in total. The Morgan fingerprint density at radius 3 is 2.67 bits per heavy atom. The lowest BCUT2D eigenvalue weighted by Crippen LogP contribution is -2.41. The van der Waals surface area contributed by atoms with E-state index in [0.717, 1.165) is 16.1 Å². The van der Waals surface area contributed by atoms with Crippen molar-refractivity contribution in [3.05, 3.63) is 77.9 Å². The minimum absolute atomic E-state index is 0.186. The molecule has 2 aliphatic heterocycles. The van der Waals surface area contributed by atoms with Crippen molar-refractivity contribution in [2.75, 3.05) is 23.6 Å². The first-order chi connectivity index (χ1) is 16.1. The second-order valence-corrected chi connectivity index (χ2v) is 9.36. The molecule has 0 bridgehead atoms. The van der Waals surface area contributed by atoms with Gasteiger partial charge in [-0.1, -0.05) is 25.1 Å². The molecular formula is C25H23N3O4S. The van der Waals surface area contributed by atoms with Gasteiger partial charge in [0.15, 0.2) is 11.5 Å². The van der Waals surface area contributed by atoms with Gasteiger partial charge in [-0.2, -0.15) is 0 Å². The first-order valence-electron chi connectivity index (χ1n) is 10.7. The number of nitrogens with zero attached hydrogens (tertiary/aromatic N) is 1. The minimum atomic E-state index is -0.193. The maximum absolute atomic E-state index is 12.9. The first kappa shape index (κ1) is 21.2. The maximum atomic E-state index is 12.9. The Balaban J connectivity index is 1.20. The van der Waals surface area contributed by atoms with Crippen LogP contribution in [0.15, 0.2) is 71.6 Å². The van der Waals surface area contributed by atoms with E-state index in [0.29, 0.717) is 41.1 Å². The molecule has 5 rings (SSSR count). The molecule has 1 atom stereocenters. The second kappa shape index (κ2) is 9.07. The molecule has 2 heterocycles. The van der Waals surface area contributed by atoms with E-state index in [-0.39, 0.29) is 18.7 Å². The summed E-state index contributed by atoms with van der Waals surface area (Å²) in [6, 6.07) is 20.2. The van der Waals surface area contributed by atoms with Gasteiger partial charge < -0.3 is 20.1 Å². The Bertz CT molecular complexity index is 1200. The minimum Gasteiger partial charge on any atom is -0.454 e. The molecule has 0 saturated carbocycles. The van der Waals surface area contributed by atoms with Gasteiger partial charge in [0.25, 0.3) is 5.91 Å². The van der Waals surface area contributed by atoms with Crippen molar-refractivity contribution in [2.24, 2.45) is 0 Å². The van der Waals surface area contributed by atoms with Crippen molar-refractivity contribution in [3.8, 4) is 11.5 Å². The summed E-state index contributed by atoms with van der Waals surface area (Å²) in [7, 11) is 0. The zero-order valence-electron chi connectivity index (χ0n) is 18.0. The number of carbonyl (C=O) groups excluding carboxylic acids is 2. The molecule has 2 aliphatic rings. The fourth-order valence-corrected chi connectivity index (χ4v) is 4.93. The molecule has 8 heteroatoms. The zero-order chi connectivity index (χ0) is 22.8. The molecule has 0 fully saturated rings. The number of rotatable bonds is 4. The Morgan fingerprint density at radius 1 is 1.03 bits per heavy atom. The molecule has 0 aliphatic carbocycles. The van der Waals surface area contributed by atoms with E-state index in [2.05, 4.69) is 17.6 Å². The summed E-state index contributed by atoms with van der Waals surface area (Å²) in [6.45, 7) is 3.33. The van der Waals surface area contributed by atoms with Gasteiger partial charge in [-0.3, -0.25) is 9.69 Å². The number of fused-ring (bicyclic) bond motifs is 2. The largest absolute Gasteiger partial charge is 0.454 e. The van der Waals surface area contributed by atoms with Gasteiger partial charge in [0.2, 0.25) is 6.79 Å². The molecule has 0 radical (unpaired) electrons. The van der Waals surface area contributed by atoms with Crippen LogP contribution in [0.4, 0.5) is 16.2 Å². The van der Waals surface area contributed by atoms with Gasteiger partial charge in [-0.05, 0) is 54.1 Å². The third-order valence-electron chi connectivity index (χ3n) is 5.46. The topological polar surface area (TPSA) is 79.9 Å². The van der Waals surface area contributed by atoms with Crippen molar-refractivity contribution in [1.29, 1.82) is 0 Å². The molecule has 168 valence electrons. The summed E-state index contributed by atoms with van der Waals surface area (Å²) in [5.74, 6) is 1.21. The maximum Gasteiger partial charge on any atom is 0.326 e. The van der Waals surface area contributed by atoms with Gasteiger partial charge in [-0.25, -0.2) is 4.79 Å². The van der Waals surface area contributed by atoms with E-state index in [9.17, 15) is 9.59 Å². The Morgan fingerprint density at radius 2 is 1.82 bits per heavy atom. The summed E-state index contributed by atoms with van der Waals surface area (Å²) < 4.78 is 10.7. The molecule has 0 spiro atoms. The third-order valence-corrected chi connectivity index (χ3v) is 6.61. The summed E-state index contributed by atoms with van der Waals surface area (Å²) >= 11 is 1.77. The number of amides is 3. The van der Waals surface area contributed by atoms with Gasteiger partial charge in [0, 0.05) is 34.5 Å². The average Bonchev–Trinajstić information content (AvgIpc) is 3.30. The lowest BCUT2D eigenvalue weighted by atomic mass is 10.1. The number of hydrogen-bond acceptors (Lipinski definition) is 5. The second-order valence-electron chi connectivity index (χ2n) is 7.88. The number of ether oxygens (including phenoxy) is 2. The van der Waals surface area contributed by atoms with E-state index in [1.165, 1.54) is 0 Å². The van der Waals surface area contributed by atoms with Crippen molar-refractivity contribution >= 4 is 35.1 Å². The van der Waals surface area contributed by atoms with Crippen LogP contribution in [-0.4, -0.2) is 30.5 Å². The fraction of sp³-hybridized carbons (Fsp3) is 0.200. The zero-order valence-corrected chi connectivity index (χ0v) is 18.9. The van der Waals surface area contributed by atoms with Gasteiger partial charge in [0.1, 0.15) is 0 Å². The number of para-hydroxylation sites is 1. The van der Waals surface area contributed by atoms with Crippen LogP contribution < -0.4 is 25.0 Å². The monoisotopic (exact) mass is 461 g/mol. The fourth-order valence-electron chi connectivity index (χ4n) is 3.81. The highest BCUT2D eigenvalue weighted by Gasteiger charge is 2.26. The van der Waals surface area contributed by atoms with Crippen LogP contribution in [0.3, 0.4) is 0 Å². The molecule has 3 aromatic carbocycles. The molecule has 0 unspecified atom stereocenters. The molecule has 3 aromatic rings. The van der Waals surface area contributed by atoms with Crippen LogP contribution in [0.5, 0.6) is 11.5 Å². The van der Waals surface area contributed by atoms with Crippen LogP contribution in [0.25, 0.3) is 0 Å². The Kier molecular flexibility index (Phi) is 5.83. The van der Waals surface area contributed by atoms with Crippen LogP contribution in [0.2, 0.25) is 0 Å². The van der Waals surface area contributed by atoms with E-state index in [1.807, 2.05) is 42.5 Å². The van der Waals surface area contributed by atoms with Crippen LogP contribution in [0.1, 0.15) is 22.8 Å². The van der Waals surface area contributed by atoms with E-state index < -0.39 is 0 Å². The van der Waals surface area contributed by atoms with Crippen molar-refractivity contribution in [2.45, 2.75) is 23.6 Å². The summed E-state index contributed by atoms with van der Waals surface area (Å²) in [5.41, 5.74) is 2.99. The highest BCUT2D eigenvalue weighted by molar-refractivity contribution is 8.00. The van der Waals surface area contributed by atoms with Crippen molar-refractivity contribution in [3.63, 3.8) is 0 Å². The van der Waals surface area contributed by atoms with E-state index in [4.69, 9.17) is 9.47 Å². The van der Waals surface area contributed by atoms with Crippen LogP contribution >= 0.6 is 11.8 Å². The molecule has 3 amide bonds. The summed E-state index contributed by atoms with van der Waals surface area (Å²) in [4.78, 5) is 28.3. The number of nitrogens with one attached hydrogen (secondary N) is 2. The van der Waals surface area contributed by atoms with Crippen LogP contribution in [-0.2, 0) is 6.54 Å². The number of carbonyl (C=O) groups is 2. The quantitative estimate of drug-likeness (QED) is 0.579. The highest BCUT2D eigenvalue weighted by Crippen LogP contribution is 2.38. The highest BCUT2D eigenvalue weighted by atomic mass is 32.2. The van der Waals surface area contributed by atoms with Gasteiger partial charge in [0.05, 0.1) is 5.69 Å². The number of urea groups is 1. The summed E-state index contributed by atoms with van der Waals surface area (Å²) in [5, 5.41) is 6.15. The van der Waals surface area contributed by atoms with Crippen molar-refractivity contribution in [1.82, 2.24) is 5.32 Å². The predicted molar refractivity (Wildman–Crippen MR) is 128 cm³/mol. The van der Waals surface area contributed by atoms with Crippen LogP contribution in [0, 0.1) is 0 Å². The molecule has 0 saturated heterocycles. The van der Waals surface area contributed by atoms with Crippen molar-refractivity contribution < 1.29 is 19.1 Å². The Hall–Kier alpha value is -3.65. The van der Waals surface area contributed by atoms with E-state index in [1.54, 1.807) is 40.9 Å². The molecule has 7 nitrogen and oxygen atoms in total. The number of hydrogen-bond donors (Lipinski definition) is 2. The van der Waals surface area contributed by atoms with Gasteiger partial charge in [-0.15, -0.1) is 11.8 Å². The number of anilines is 2. The molecular weight excluding hydrogens is 438 g/mol. The molecule has 33 heavy (non-hydrogen) atoms. The average molecular weight is 462 g/mol. The first-order valence-corrected chi connectivity index (χ1v) is 11.6. The lowest BCUT2D eigenvalue weighted by Gasteiger charge is -2.32. The van der Waals surface area contributed by atoms with E-state index >= 15 is 0 Å². The SMILES string of the molecule is C[C@H]1CN(C(=O)Nc2ccc(C(=O)NCc3ccc4c(c3)OCO4)cc2)c2ccccc2S1. The Labute approximate surface area is 196 Å². The standard InChI is InChI=1S/C25H23N3O4S/c1-16-14-28(20-4-2-3-5-23(20)33-16)25(30)27-19-9-7-18(8-10-19)24(29)26-13-17-6-11-21-22(12-17)32-15-31-21/h2-12,16H,13-15H2,1H3,(H,26,29)(H,27,30)/t16-/m0/s1. The molecule has 0 aromatic heterocycles. The smallest absolute Gasteiger partial charge is 0.326 e. The number of benzene rings is 3. The predicted octanol–water partition coefficient (Wildman–Crippen LogP) is 4.88. The lowest BCUT2D eigenvalue weighted by molar-refractivity contribution is 0.0951. The summed E-state index contributed by atoms with van der Waals surface area (Å²) in [6.07, 6.45) is 0.